The second kappa shape index (κ2) is 6.02. The fourth-order valence-corrected chi connectivity index (χ4v) is 12.4. The molecule has 104 valence electrons. The molecule has 8 heteroatoms. The molecule has 0 nitrogen and oxygen atoms in total. The fraction of sp³-hybridized carbons (Fsp3) is 0. The first-order valence-corrected chi connectivity index (χ1v) is 11.8. The van der Waals surface area contributed by atoms with Gasteiger partial charge >= 0.3 is 0 Å². The summed E-state index contributed by atoms with van der Waals surface area (Å²) < 4.78 is 5.61. The van der Waals surface area contributed by atoms with E-state index in [4.69, 9.17) is 46.6 Å². The van der Waals surface area contributed by atoms with E-state index in [1.807, 2.05) is 36.4 Å². The van der Waals surface area contributed by atoms with Crippen molar-refractivity contribution < 1.29 is 0 Å². The zero-order valence-electron chi connectivity index (χ0n) is 9.68. The summed E-state index contributed by atoms with van der Waals surface area (Å²) in [6.45, 7) is 0. The molecule has 0 fully saturated rings. The summed E-state index contributed by atoms with van der Waals surface area (Å²) in [5, 5.41) is 0. The minimum Gasteiger partial charge on any atom is -0.122 e. The van der Waals surface area contributed by atoms with Crippen LogP contribution in [0.4, 0.5) is 0 Å². The van der Waals surface area contributed by atoms with Crippen molar-refractivity contribution in [3.63, 3.8) is 0 Å². The summed E-state index contributed by atoms with van der Waals surface area (Å²) in [5.41, 5.74) is 0. The van der Waals surface area contributed by atoms with E-state index >= 15 is 0 Å². The summed E-state index contributed by atoms with van der Waals surface area (Å²) >= 11 is 29.0. The standard InChI is InChI=1S/C12H6Cl3PS4/c13-7-1-4-10(18-7)16(17,11-5-2-8(14)19-11)12-6-3-9(15)20-12/h1-6H. The Morgan fingerprint density at radius 1 is 0.650 bits per heavy atom. The van der Waals surface area contributed by atoms with Gasteiger partial charge in [0.2, 0.25) is 0 Å². The van der Waals surface area contributed by atoms with Gasteiger partial charge in [-0.25, -0.2) is 0 Å². The van der Waals surface area contributed by atoms with Crippen LogP contribution in [-0.2, 0) is 11.8 Å². The first-order valence-electron chi connectivity index (χ1n) is 5.38. The Kier molecular flexibility index (Phi) is 4.67. The van der Waals surface area contributed by atoms with Crippen LogP contribution in [0.1, 0.15) is 0 Å². The van der Waals surface area contributed by atoms with Crippen molar-refractivity contribution >= 4 is 101 Å². The van der Waals surface area contributed by atoms with E-state index in [2.05, 4.69) is 0 Å². The second-order valence-electron chi connectivity index (χ2n) is 3.84. The first kappa shape index (κ1) is 15.5. The first-order chi connectivity index (χ1) is 9.50. The summed E-state index contributed by atoms with van der Waals surface area (Å²) in [4.78, 5) is 0. The van der Waals surface area contributed by atoms with Gasteiger partial charge in [0.25, 0.3) is 0 Å². The molecule has 0 atom stereocenters. The van der Waals surface area contributed by atoms with E-state index in [9.17, 15) is 0 Å². The molecule has 0 aliphatic rings. The monoisotopic (exact) mass is 414 g/mol. The highest BCUT2D eigenvalue weighted by atomic mass is 35.5. The van der Waals surface area contributed by atoms with E-state index in [1.54, 1.807) is 34.0 Å². The summed E-state index contributed by atoms with van der Waals surface area (Å²) in [5.74, 6) is 0. The predicted molar refractivity (Wildman–Crippen MR) is 101 cm³/mol. The van der Waals surface area contributed by atoms with Crippen LogP contribution < -0.4 is 13.9 Å². The highest BCUT2D eigenvalue weighted by molar-refractivity contribution is 8.29. The molecule has 0 saturated carbocycles. The number of hydrogen-bond donors (Lipinski definition) is 0. The van der Waals surface area contributed by atoms with Gasteiger partial charge in [0.05, 0.1) is 19.0 Å². The van der Waals surface area contributed by atoms with Crippen molar-refractivity contribution in [2.75, 3.05) is 0 Å². The lowest BCUT2D eigenvalue weighted by Crippen LogP contribution is -2.18. The van der Waals surface area contributed by atoms with Crippen LogP contribution in [0.25, 0.3) is 0 Å². The van der Waals surface area contributed by atoms with Crippen molar-refractivity contribution in [3.05, 3.63) is 49.4 Å². The zero-order chi connectivity index (χ0) is 14.3. The fourth-order valence-electron chi connectivity index (χ4n) is 1.75. The van der Waals surface area contributed by atoms with E-state index in [0.717, 1.165) is 26.9 Å². The van der Waals surface area contributed by atoms with Gasteiger partial charge in [-0.2, -0.15) is 0 Å². The molecule has 0 aromatic carbocycles. The zero-order valence-corrected chi connectivity index (χ0v) is 16.1. The van der Waals surface area contributed by atoms with Crippen LogP contribution in [-0.4, -0.2) is 0 Å². The number of hydrogen-bond acceptors (Lipinski definition) is 4. The van der Waals surface area contributed by atoms with Crippen LogP contribution in [0, 0.1) is 0 Å². The van der Waals surface area contributed by atoms with Gasteiger partial charge in [-0.15, -0.1) is 34.0 Å². The SMILES string of the molecule is S=P(c1ccc(Cl)s1)(c1ccc(Cl)s1)c1ccc(Cl)s1. The summed E-state index contributed by atoms with van der Waals surface area (Å²) in [7, 11) is 0. The van der Waals surface area contributed by atoms with Crippen LogP contribution in [0.5, 0.6) is 0 Å². The summed E-state index contributed by atoms with van der Waals surface area (Å²) in [6.07, 6.45) is 0. The van der Waals surface area contributed by atoms with E-state index in [1.165, 1.54) is 0 Å². The number of thiophene rings is 3. The highest BCUT2D eigenvalue weighted by Crippen LogP contribution is 2.49. The second-order valence-corrected chi connectivity index (χ2v) is 14.2. The van der Waals surface area contributed by atoms with E-state index in [-0.39, 0.29) is 0 Å². The van der Waals surface area contributed by atoms with Gasteiger partial charge < -0.3 is 0 Å². The average molecular weight is 416 g/mol. The summed E-state index contributed by atoms with van der Waals surface area (Å²) in [6, 6.07) is 9.68. The molecule has 0 spiro atoms. The Labute approximate surface area is 148 Å². The third kappa shape index (κ3) is 2.78. The van der Waals surface area contributed by atoms with Gasteiger partial charge in [0, 0.05) is 13.9 Å². The number of rotatable bonds is 3. The Morgan fingerprint density at radius 3 is 1.15 bits per heavy atom. The van der Waals surface area contributed by atoms with Gasteiger partial charge in [0.15, 0.2) is 0 Å². The minimum absolute atomic E-state index is 0.750. The normalized spacial score (nSPS) is 11.9. The van der Waals surface area contributed by atoms with Crippen LogP contribution in [0.2, 0.25) is 13.0 Å². The van der Waals surface area contributed by atoms with Crippen molar-refractivity contribution in [1.82, 2.24) is 0 Å². The van der Waals surface area contributed by atoms with Crippen molar-refractivity contribution in [1.29, 1.82) is 0 Å². The maximum absolute atomic E-state index is 6.11. The molecule has 3 aromatic rings. The molecule has 3 rings (SSSR count). The molecule has 0 saturated heterocycles. The number of halogens is 3. The molecule has 0 radical (unpaired) electrons. The largest absolute Gasteiger partial charge is 0.122 e. The Hall–Kier alpha value is 0.620. The van der Waals surface area contributed by atoms with Crippen molar-refractivity contribution in [3.8, 4) is 0 Å². The Bertz CT molecular complexity index is 696. The lowest BCUT2D eigenvalue weighted by molar-refractivity contribution is 2.03. The smallest absolute Gasteiger partial charge is 0.0935 e. The average Bonchev–Trinajstić information content (AvgIpc) is 3.10. The maximum atomic E-state index is 6.11. The molecule has 0 amide bonds. The Morgan fingerprint density at radius 2 is 0.950 bits per heavy atom. The van der Waals surface area contributed by atoms with Gasteiger partial charge in [-0.05, 0) is 36.4 Å². The molecule has 0 bridgehead atoms. The third-order valence-corrected chi connectivity index (χ3v) is 14.1. The van der Waals surface area contributed by atoms with Crippen molar-refractivity contribution in [2.24, 2.45) is 0 Å². The molecule has 0 aliphatic carbocycles. The molecule has 3 aromatic heterocycles. The lowest BCUT2D eigenvalue weighted by Gasteiger charge is -2.17. The molecule has 0 N–H and O–H groups in total. The molecule has 20 heavy (non-hydrogen) atoms. The molecular formula is C12H6Cl3PS4. The van der Waals surface area contributed by atoms with Gasteiger partial charge in [0.1, 0.15) is 0 Å². The van der Waals surface area contributed by atoms with Crippen LogP contribution >= 0.6 is 74.9 Å². The molecule has 0 aliphatic heterocycles. The lowest BCUT2D eigenvalue weighted by atomic mass is 10.7. The third-order valence-electron chi connectivity index (χ3n) is 2.61. The molecular weight excluding hydrogens is 410 g/mol. The highest BCUT2D eigenvalue weighted by Gasteiger charge is 2.29. The Balaban J connectivity index is 2.25. The van der Waals surface area contributed by atoms with Crippen LogP contribution in [0.3, 0.4) is 0 Å². The molecule has 3 heterocycles. The van der Waals surface area contributed by atoms with Crippen LogP contribution in [0.15, 0.2) is 36.4 Å². The van der Waals surface area contributed by atoms with E-state index in [0.29, 0.717) is 0 Å². The maximum Gasteiger partial charge on any atom is 0.0935 e. The van der Waals surface area contributed by atoms with E-state index < -0.39 is 6.04 Å². The quantitative estimate of drug-likeness (QED) is 0.503. The predicted octanol–water partition coefficient (Wildman–Crippen LogP) is 5.59. The van der Waals surface area contributed by atoms with Gasteiger partial charge in [-0.3, -0.25) is 0 Å². The van der Waals surface area contributed by atoms with Gasteiger partial charge in [-0.1, -0.05) is 46.6 Å². The van der Waals surface area contributed by atoms with Crippen molar-refractivity contribution in [2.45, 2.75) is 0 Å². The molecule has 0 unspecified atom stereocenters. The minimum atomic E-state index is -2.08. The topological polar surface area (TPSA) is 0 Å².